The number of fused-ring (bicyclic) bond motifs is 1. The summed E-state index contributed by atoms with van der Waals surface area (Å²) in [5, 5.41) is 2.62. The Hall–Kier alpha value is -3.12. The van der Waals surface area contributed by atoms with Crippen molar-refractivity contribution in [2.24, 2.45) is 0 Å². The Kier molecular flexibility index (Phi) is 5.24. The lowest BCUT2D eigenvalue weighted by Crippen LogP contribution is -2.47. The van der Waals surface area contributed by atoms with E-state index in [0.29, 0.717) is 26.2 Å². The monoisotopic (exact) mass is 403 g/mol. The molecule has 2 fully saturated rings. The topological polar surface area (TPSA) is 54.9 Å². The van der Waals surface area contributed by atoms with Crippen LogP contribution in [0.3, 0.4) is 0 Å². The Labute approximate surface area is 176 Å². The molecule has 0 spiro atoms. The van der Waals surface area contributed by atoms with Crippen LogP contribution in [0.25, 0.3) is 22.0 Å². The van der Waals surface area contributed by atoms with Gasteiger partial charge in [0, 0.05) is 43.1 Å². The number of amides is 2. The van der Waals surface area contributed by atoms with E-state index in [2.05, 4.69) is 29.2 Å². The number of benzene rings is 2. The highest BCUT2D eigenvalue weighted by atomic mass is 16.7. The lowest BCUT2D eigenvalue weighted by atomic mass is 10.1. The molecule has 2 aliphatic rings. The van der Waals surface area contributed by atoms with Gasteiger partial charge in [0.05, 0.1) is 18.7 Å². The predicted octanol–water partition coefficient (Wildman–Crippen LogP) is 4.50. The smallest absolute Gasteiger partial charge is 0.343 e. The second kappa shape index (κ2) is 8.32. The normalized spacial score (nSPS) is 17.5. The average molecular weight is 403 g/mol. The van der Waals surface area contributed by atoms with Crippen molar-refractivity contribution in [3.05, 3.63) is 60.8 Å². The molecule has 2 amide bonds. The van der Waals surface area contributed by atoms with Gasteiger partial charge in [-0.1, -0.05) is 30.3 Å². The summed E-state index contributed by atoms with van der Waals surface area (Å²) in [4.78, 5) is 24.2. The van der Waals surface area contributed by atoms with E-state index < -0.39 is 0 Å². The Morgan fingerprint density at radius 3 is 2.57 bits per heavy atom. The Morgan fingerprint density at radius 2 is 1.80 bits per heavy atom. The number of piperidine rings is 1. The standard InChI is InChI=1S/C24H25N3O3/c28-24(27-12-3-15-29-27)26-13-10-22(11-14-26)30-21-8-6-18(7-9-21)20-16-19-4-1-2-5-23(19)25-17-20/h1-2,4-9,16-17,22H,3,10-15H2. The molecule has 1 aromatic heterocycles. The summed E-state index contributed by atoms with van der Waals surface area (Å²) in [7, 11) is 0. The fourth-order valence-electron chi connectivity index (χ4n) is 4.07. The predicted molar refractivity (Wildman–Crippen MR) is 115 cm³/mol. The number of para-hydroxylation sites is 1. The van der Waals surface area contributed by atoms with Crippen LogP contribution >= 0.6 is 0 Å². The molecule has 2 aromatic carbocycles. The number of urea groups is 1. The van der Waals surface area contributed by atoms with Crippen LogP contribution < -0.4 is 4.74 Å². The summed E-state index contributed by atoms with van der Waals surface area (Å²) in [5.74, 6) is 0.861. The number of hydroxylamine groups is 2. The van der Waals surface area contributed by atoms with Gasteiger partial charge in [0.2, 0.25) is 0 Å². The highest BCUT2D eigenvalue weighted by Gasteiger charge is 2.29. The number of likely N-dealkylation sites (tertiary alicyclic amines) is 1. The molecule has 6 heteroatoms. The Morgan fingerprint density at radius 1 is 1.00 bits per heavy atom. The average Bonchev–Trinajstić information content (AvgIpc) is 3.34. The zero-order valence-electron chi connectivity index (χ0n) is 16.9. The van der Waals surface area contributed by atoms with Crippen LogP contribution in [0.1, 0.15) is 19.3 Å². The lowest BCUT2D eigenvalue weighted by Gasteiger charge is -2.33. The summed E-state index contributed by atoms with van der Waals surface area (Å²) in [6, 6.07) is 18.5. The molecule has 0 aliphatic carbocycles. The molecule has 0 unspecified atom stereocenters. The summed E-state index contributed by atoms with van der Waals surface area (Å²) in [6.07, 6.45) is 4.61. The third-order valence-electron chi connectivity index (χ3n) is 5.76. The number of ether oxygens (including phenoxy) is 1. The van der Waals surface area contributed by atoms with E-state index in [1.165, 1.54) is 5.06 Å². The molecule has 3 heterocycles. The van der Waals surface area contributed by atoms with E-state index in [-0.39, 0.29) is 12.1 Å². The number of nitrogens with zero attached hydrogens (tertiary/aromatic N) is 3. The van der Waals surface area contributed by atoms with Gasteiger partial charge < -0.3 is 9.64 Å². The van der Waals surface area contributed by atoms with Crippen molar-refractivity contribution in [3.8, 4) is 16.9 Å². The number of carbonyl (C=O) groups is 1. The molecule has 0 atom stereocenters. The molecular weight excluding hydrogens is 378 g/mol. The van der Waals surface area contributed by atoms with E-state index in [0.717, 1.165) is 47.0 Å². The first-order chi connectivity index (χ1) is 14.8. The maximum atomic E-state index is 12.4. The van der Waals surface area contributed by atoms with E-state index in [1.54, 1.807) is 0 Å². The summed E-state index contributed by atoms with van der Waals surface area (Å²) >= 11 is 0. The first kappa shape index (κ1) is 18.9. The van der Waals surface area contributed by atoms with Gasteiger partial charge in [0.1, 0.15) is 11.9 Å². The molecule has 0 radical (unpaired) electrons. The van der Waals surface area contributed by atoms with Crippen molar-refractivity contribution < 1.29 is 14.4 Å². The molecule has 30 heavy (non-hydrogen) atoms. The molecule has 2 saturated heterocycles. The minimum Gasteiger partial charge on any atom is -0.490 e. The van der Waals surface area contributed by atoms with Crippen LogP contribution in [0.5, 0.6) is 5.75 Å². The Bertz CT molecular complexity index is 1020. The second-order valence-corrected chi connectivity index (χ2v) is 7.82. The van der Waals surface area contributed by atoms with Crippen LogP contribution in [-0.4, -0.2) is 53.3 Å². The summed E-state index contributed by atoms with van der Waals surface area (Å²) < 4.78 is 6.17. The van der Waals surface area contributed by atoms with Gasteiger partial charge in [-0.15, -0.1) is 0 Å². The molecule has 3 aromatic rings. The summed E-state index contributed by atoms with van der Waals surface area (Å²) in [6.45, 7) is 2.72. The number of hydrogen-bond acceptors (Lipinski definition) is 4. The minimum absolute atomic E-state index is 0.0145. The molecule has 0 bridgehead atoms. The zero-order valence-corrected chi connectivity index (χ0v) is 16.9. The van der Waals surface area contributed by atoms with Crippen molar-refractivity contribution >= 4 is 16.9 Å². The van der Waals surface area contributed by atoms with Crippen LogP contribution in [-0.2, 0) is 4.84 Å². The molecule has 2 aliphatic heterocycles. The number of rotatable bonds is 3. The minimum atomic E-state index is -0.0145. The molecule has 0 saturated carbocycles. The molecule has 154 valence electrons. The van der Waals surface area contributed by atoms with Crippen LogP contribution in [0.4, 0.5) is 4.79 Å². The van der Waals surface area contributed by atoms with Crippen molar-refractivity contribution in [2.45, 2.75) is 25.4 Å². The highest BCUT2D eigenvalue weighted by molar-refractivity contribution is 5.83. The van der Waals surface area contributed by atoms with Gasteiger partial charge >= 0.3 is 6.03 Å². The maximum absolute atomic E-state index is 12.4. The fraction of sp³-hybridized carbons (Fsp3) is 0.333. The van der Waals surface area contributed by atoms with E-state index in [4.69, 9.17) is 9.57 Å². The lowest BCUT2D eigenvalue weighted by molar-refractivity contribution is -0.0797. The molecular formula is C24H25N3O3. The van der Waals surface area contributed by atoms with Gasteiger partial charge in [0.15, 0.2) is 0 Å². The van der Waals surface area contributed by atoms with Crippen LogP contribution in [0.15, 0.2) is 60.8 Å². The van der Waals surface area contributed by atoms with Crippen molar-refractivity contribution in [1.29, 1.82) is 0 Å². The number of pyridine rings is 1. The first-order valence-corrected chi connectivity index (χ1v) is 10.6. The fourth-order valence-corrected chi connectivity index (χ4v) is 4.07. The van der Waals surface area contributed by atoms with E-state index >= 15 is 0 Å². The van der Waals surface area contributed by atoms with E-state index in [1.807, 2.05) is 41.4 Å². The van der Waals surface area contributed by atoms with Gasteiger partial charge in [-0.2, -0.15) is 0 Å². The second-order valence-electron chi connectivity index (χ2n) is 7.82. The largest absolute Gasteiger partial charge is 0.490 e. The van der Waals surface area contributed by atoms with Crippen molar-refractivity contribution in [2.75, 3.05) is 26.2 Å². The number of carbonyl (C=O) groups excluding carboxylic acids is 1. The van der Waals surface area contributed by atoms with Gasteiger partial charge in [0.25, 0.3) is 0 Å². The van der Waals surface area contributed by atoms with Gasteiger partial charge in [-0.05, 0) is 36.2 Å². The number of aromatic nitrogens is 1. The zero-order chi connectivity index (χ0) is 20.3. The van der Waals surface area contributed by atoms with Crippen molar-refractivity contribution in [1.82, 2.24) is 14.9 Å². The molecule has 0 N–H and O–H groups in total. The third-order valence-corrected chi connectivity index (χ3v) is 5.76. The van der Waals surface area contributed by atoms with Crippen LogP contribution in [0, 0.1) is 0 Å². The number of hydrogen-bond donors (Lipinski definition) is 0. The van der Waals surface area contributed by atoms with Crippen LogP contribution in [0.2, 0.25) is 0 Å². The van der Waals surface area contributed by atoms with Gasteiger partial charge in [-0.3, -0.25) is 9.82 Å². The van der Waals surface area contributed by atoms with Crippen molar-refractivity contribution in [3.63, 3.8) is 0 Å². The first-order valence-electron chi connectivity index (χ1n) is 10.6. The molecule has 6 nitrogen and oxygen atoms in total. The highest BCUT2D eigenvalue weighted by Crippen LogP contribution is 2.26. The Balaban J connectivity index is 1.19. The van der Waals surface area contributed by atoms with Gasteiger partial charge in [-0.25, -0.2) is 9.86 Å². The quantitative estimate of drug-likeness (QED) is 0.646. The molecule has 5 rings (SSSR count). The maximum Gasteiger partial charge on any atom is 0.343 e. The SMILES string of the molecule is O=C(N1CCC(Oc2ccc(-c3cnc4ccccc4c3)cc2)CC1)N1CCCO1. The van der Waals surface area contributed by atoms with E-state index in [9.17, 15) is 4.79 Å². The summed E-state index contributed by atoms with van der Waals surface area (Å²) in [5.41, 5.74) is 3.21. The third kappa shape index (κ3) is 3.96.